The average molecular weight is 227 g/mol. The summed E-state index contributed by atoms with van der Waals surface area (Å²) in [5.74, 6) is 1.20. The molecule has 5 heteroatoms. The number of carbonyl (C=O) groups excluding carboxylic acids is 1. The van der Waals surface area contributed by atoms with E-state index >= 15 is 0 Å². The fraction of sp³-hybridized carbons (Fsp3) is 0.300. The van der Waals surface area contributed by atoms with E-state index in [-0.39, 0.29) is 0 Å². The normalized spacial score (nSPS) is 9.60. The van der Waals surface area contributed by atoms with Gasteiger partial charge in [0.25, 0.3) is 5.24 Å². The summed E-state index contributed by atoms with van der Waals surface area (Å²) in [4.78, 5) is 10.8. The Morgan fingerprint density at radius 2 is 1.80 bits per heavy atom. The largest absolute Gasteiger partial charge is 0.493 e. The summed E-state index contributed by atoms with van der Waals surface area (Å²) in [7, 11) is 3.10. The molecule has 0 fully saturated rings. The third-order valence-corrected chi connectivity index (χ3v) is 2.08. The molecule has 0 heterocycles. The molecule has 0 atom stereocenters. The minimum absolute atomic E-state index is 0.412. The number of thiol groups is 1. The smallest absolute Gasteiger partial charge is 0.280 e. The first kappa shape index (κ1) is 11.7. The summed E-state index contributed by atoms with van der Waals surface area (Å²) < 4.78 is 10.2. The van der Waals surface area contributed by atoms with Crippen LogP contribution in [0.15, 0.2) is 12.1 Å². The summed E-state index contributed by atoms with van der Waals surface area (Å²) in [5.41, 5.74) is 1.54. The molecule has 0 saturated heterocycles. The second kappa shape index (κ2) is 4.93. The predicted octanol–water partition coefficient (Wildman–Crippen LogP) is 2.47. The lowest BCUT2D eigenvalue weighted by Crippen LogP contribution is -2.04. The van der Waals surface area contributed by atoms with Gasteiger partial charge in [-0.25, -0.2) is 0 Å². The van der Waals surface area contributed by atoms with Gasteiger partial charge in [0.05, 0.1) is 14.2 Å². The molecule has 1 N–H and O–H groups in total. The molecule has 0 bridgehead atoms. The van der Waals surface area contributed by atoms with Gasteiger partial charge in [-0.2, -0.15) is 0 Å². The van der Waals surface area contributed by atoms with Crippen molar-refractivity contribution in [2.75, 3.05) is 19.5 Å². The van der Waals surface area contributed by atoms with E-state index in [9.17, 15) is 4.79 Å². The van der Waals surface area contributed by atoms with Crippen molar-refractivity contribution in [2.45, 2.75) is 6.92 Å². The summed E-state index contributed by atoms with van der Waals surface area (Å²) in [6.07, 6.45) is 0. The number of aryl methyl sites for hydroxylation is 1. The van der Waals surface area contributed by atoms with Gasteiger partial charge < -0.3 is 14.8 Å². The second-order valence-electron chi connectivity index (χ2n) is 2.95. The van der Waals surface area contributed by atoms with Crippen molar-refractivity contribution in [2.24, 2.45) is 0 Å². The third kappa shape index (κ3) is 2.79. The topological polar surface area (TPSA) is 47.6 Å². The first-order valence-electron chi connectivity index (χ1n) is 4.31. The number of hydrogen-bond donors (Lipinski definition) is 2. The van der Waals surface area contributed by atoms with Gasteiger partial charge in [-0.1, -0.05) is 12.6 Å². The maximum Gasteiger partial charge on any atom is 0.280 e. The number of hydrogen-bond acceptors (Lipinski definition) is 3. The summed E-state index contributed by atoms with van der Waals surface area (Å²) in [6.45, 7) is 1.86. The number of amides is 1. The number of nitrogens with one attached hydrogen (secondary N) is 1. The van der Waals surface area contributed by atoms with E-state index in [2.05, 4.69) is 17.9 Å². The van der Waals surface area contributed by atoms with Crippen molar-refractivity contribution in [3.63, 3.8) is 0 Å². The molecular weight excluding hydrogens is 214 g/mol. The lowest BCUT2D eigenvalue weighted by Gasteiger charge is -2.12. The third-order valence-electron chi connectivity index (χ3n) is 1.97. The molecule has 1 aromatic carbocycles. The van der Waals surface area contributed by atoms with Crippen LogP contribution in [0, 0.1) is 6.92 Å². The van der Waals surface area contributed by atoms with Gasteiger partial charge in [-0.05, 0) is 18.6 Å². The van der Waals surface area contributed by atoms with Gasteiger partial charge in [-0.3, -0.25) is 4.79 Å². The van der Waals surface area contributed by atoms with Gasteiger partial charge in [0.1, 0.15) is 0 Å². The monoisotopic (exact) mass is 227 g/mol. The van der Waals surface area contributed by atoms with Crippen LogP contribution in [0.5, 0.6) is 11.5 Å². The quantitative estimate of drug-likeness (QED) is 0.780. The molecule has 82 valence electrons. The molecule has 0 spiro atoms. The van der Waals surface area contributed by atoms with E-state index < -0.39 is 5.24 Å². The fourth-order valence-electron chi connectivity index (χ4n) is 1.23. The first-order chi connectivity index (χ1) is 7.08. The van der Waals surface area contributed by atoms with Crippen LogP contribution in [0.3, 0.4) is 0 Å². The van der Waals surface area contributed by atoms with Gasteiger partial charge in [0.15, 0.2) is 11.5 Å². The molecule has 0 aliphatic carbocycles. The zero-order valence-electron chi connectivity index (χ0n) is 8.83. The highest BCUT2D eigenvalue weighted by Gasteiger charge is 2.09. The van der Waals surface area contributed by atoms with E-state index in [4.69, 9.17) is 9.47 Å². The number of methoxy groups -OCH3 is 2. The van der Waals surface area contributed by atoms with Crippen molar-refractivity contribution in [3.05, 3.63) is 17.7 Å². The highest BCUT2D eigenvalue weighted by atomic mass is 32.1. The van der Waals surface area contributed by atoms with Gasteiger partial charge >= 0.3 is 0 Å². The van der Waals surface area contributed by atoms with Crippen LogP contribution < -0.4 is 14.8 Å². The number of anilines is 1. The highest BCUT2D eigenvalue weighted by molar-refractivity contribution is 7.96. The van der Waals surface area contributed by atoms with Crippen LogP contribution in [-0.2, 0) is 0 Å². The van der Waals surface area contributed by atoms with E-state index in [0.29, 0.717) is 17.2 Å². The summed E-state index contributed by atoms with van der Waals surface area (Å²) in [5, 5.41) is 2.18. The Bertz CT molecular complexity index is 379. The van der Waals surface area contributed by atoms with E-state index in [0.717, 1.165) is 5.56 Å². The van der Waals surface area contributed by atoms with Crippen LogP contribution in [0.25, 0.3) is 0 Å². The van der Waals surface area contributed by atoms with Gasteiger partial charge in [-0.15, -0.1) is 0 Å². The molecular formula is C10H13NO3S. The van der Waals surface area contributed by atoms with Crippen molar-refractivity contribution < 1.29 is 14.3 Å². The Hall–Kier alpha value is -1.36. The lowest BCUT2D eigenvalue weighted by molar-refractivity contribution is 0.270. The fourth-order valence-corrected chi connectivity index (χ4v) is 1.35. The minimum Gasteiger partial charge on any atom is -0.493 e. The van der Waals surface area contributed by atoms with Crippen molar-refractivity contribution in [3.8, 4) is 11.5 Å². The maximum absolute atomic E-state index is 10.8. The predicted molar refractivity (Wildman–Crippen MR) is 62.3 cm³/mol. The number of carbonyl (C=O) groups is 1. The molecule has 0 aliphatic heterocycles. The van der Waals surface area contributed by atoms with E-state index in [1.807, 2.05) is 6.92 Å². The van der Waals surface area contributed by atoms with E-state index in [1.165, 1.54) is 0 Å². The molecule has 1 rings (SSSR count). The number of ether oxygens (including phenoxy) is 2. The first-order valence-corrected chi connectivity index (χ1v) is 4.75. The van der Waals surface area contributed by atoms with Crippen LogP contribution in [0.4, 0.5) is 10.5 Å². The second-order valence-corrected chi connectivity index (χ2v) is 3.36. The standard InChI is InChI=1S/C10H13NO3S/c1-6-4-8(13-2)9(14-3)5-7(6)11-10(12)15/h4-5H,1-3H3,(H2,11,12,15). The summed E-state index contributed by atoms with van der Waals surface area (Å²) in [6, 6.07) is 3.49. The van der Waals surface area contributed by atoms with Crippen LogP contribution in [0.1, 0.15) is 5.56 Å². The Kier molecular flexibility index (Phi) is 3.85. The van der Waals surface area contributed by atoms with Crippen LogP contribution in [-0.4, -0.2) is 19.5 Å². The van der Waals surface area contributed by atoms with Crippen LogP contribution in [0.2, 0.25) is 0 Å². The molecule has 0 radical (unpaired) electrons. The van der Waals surface area contributed by atoms with Crippen molar-refractivity contribution >= 4 is 23.6 Å². The molecule has 1 amide bonds. The number of rotatable bonds is 3. The highest BCUT2D eigenvalue weighted by Crippen LogP contribution is 2.32. The van der Waals surface area contributed by atoms with Crippen molar-refractivity contribution in [1.29, 1.82) is 0 Å². The molecule has 4 nitrogen and oxygen atoms in total. The van der Waals surface area contributed by atoms with Crippen LogP contribution >= 0.6 is 12.6 Å². The van der Waals surface area contributed by atoms with Gasteiger partial charge in [0, 0.05) is 11.8 Å². The molecule has 15 heavy (non-hydrogen) atoms. The number of benzene rings is 1. The minimum atomic E-state index is -0.412. The molecule has 0 unspecified atom stereocenters. The Morgan fingerprint density at radius 1 is 1.27 bits per heavy atom. The van der Waals surface area contributed by atoms with E-state index in [1.54, 1.807) is 26.4 Å². The molecule has 1 aromatic rings. The summed E-state index contributed by atoms with van der Waals surface area (Å²) >= 11 is 3.65. The maximum atomic E-state index is 10.8. The zero-order chi connectivity index (χ0) is 11.4. The zero-order valence-corrected chi connectivity index (χ0v) is 9.72. The Morgan fingerprint density at radius 3 is 2.27 bits per heavy atom. The molecule has 0 aromatic heterocycles. The Balaban J connectivity index is 3.13. The Labute approximate surface area is 94.0 Å². The molecule has 0 aliphatic rings. The van der Waals surface area contributed by atoms with Crippen molar-refractivity contribution in [1.82, 2.24) is 0 Å². The average Bonchev–Trinajstić information content (AvgIpc) is 2.19. The lowest BCUT2D eigenvalue weighted by atomic mass is 10.2. The van der Waals surface area contributed by atoms with Gasteiger partial charge in [0.2, 0.25) is 0 Å². The SMILES string of the molecule is COc1cc(C)c(NC(=O)S)cc1OC. The molecule has 0 saturated carbocycles.